The lowest BCUT2D eigenvalue weighted by atomic mass is 10.2. The summed E-state index contributed by atoms with van der Waals surface area (Å²) in [6.45, 7) is 1.48. The summed E-state index contributed by atoms with van der Waals surface area (Å²) in [4.78, 5) is 23.7. The van der Waals surface area contributed by atoms with Crippen LogP contribution in [-0.4, -0.2) is 25.1 Å². The van der Waals surface area contributed by atoms with Gasteiger partial charge in [0, 0.05) is 0 Å². The number of rotatable bonds is 5. The summed E-state index contributed by atoms with van der Waals surface area (Å²) in [6.07, 6.45) is 0.392. The molecule has 0 aliphatic heterocycles. The van der Waals surface area contributed by atoms with Crippen LogP contribution in [0.25, 0.3) is 0 Å². The van der Waals surface area contributed by atoms with Gasteiger partial charge in [-0.2, -0.15) is 0 Å². The lowest BCUT2D eigenvalue weighted by Gasteiger charge is -2.14. The van der Waals surface area contributed by atoms with Crippen LogP contribution in [0.5, 0.6) is 5.75 Å². The van der Waals surface area contributed by atoms with Gasteiger partial charge in [0.1, 0.15) is 5.75 Å². The van der Waals surface area contributed by atoms with Crippen molar-refractivity contribution in [1.29, 1.82) is 0 Å². The molecule has 0 aliphatic carbocycles. The van der Waals surface area contributed by atoms with Crippen molar-refractivity contribution >= 4 is 17.6 Å². The molecule has 0 radical (unpaired) electrons. The number of amides is 1. The fourth-order valence-electron chi connectivity index (χ4n) is 1.65. The second-order valence-corrected chi connectivity index (χ2v) is 4.21. The number of nitrogens with one attached hydrogen (secondary N) is 1. The molecule has 2 rings (SSSR count). The van der Waals surface area contributed by atoms with Crippen molar-refractivity contribution in [3.8, 4) is 5.75 Å². The molecule has 1 N–H and O–H groups in total. The first-order valence-corrected chi connectivity index (χ1v) is 6.30. The van der Waals surface area contributed by atoms with Crippen molar-refractivity contribution in [2.24, 2.45) is 0 Å². The summed E-state index contributed by atoms with van der Waals surface area (Å²) in [6, 6.07) is 9.99. The van der Waals surface area contributed by atoms with E-state index in [1.54, 1.807) is 30.3 Å². The van der Waals surface area contributed by atoms with Gasteiger partial charge in [0.05, 0.1) is 19.1 Å². The average Bonchev–Trinajstić information content (AvgIpc) is 3.02. The summed E-state index contributed by atoms with van der Waals surface area (Å²) in [5, 5.41) is 2.64. The van der Waals surface area contributed by atoms with E-state index in [9.17, 15) is 9.59 Å². The summed E-state index contributed by atoms with van der Waals surface area (Å²) >= 11 is 0. The van der Waals surface area contributed by atoms with E-state index in [4.69, 9.17) is 13.9 Å². The number of hydrogen-bond donors (Lipinski definition) is 1. The second kappa shape index (κ2) is 6.60. The first kappa shape index (κ1) is 14.6. The van der Waals surface area contributed by atoms with Crippen molar-refractivity contribution in [3.05, 3.63) is 48.4 Å². The zero-order valence-corrected chi connectivity index (χ0v) is 11.7. The number of furan rings is 1. The summed E-state index contributed by atoms with van der Waals surface area (Å²) in [7, 11) is 1.51. The van der Waals surface area contributed by atoms with Crippen molar-refractivity contribution in [2.45, 2.75) is 13.0 Å². The van der Waals surface area contributed by atoms with Crippen molar-refractivity contribution < 1.29 is 23.5 Å². The number of methoxy groups -OCH3 is 1. The Bertz CT molecular complexity index is 621. The molecule has 1 heterocycles. The zero-order valence-electron chi connectivity index (χ0n) is 11.7. The highest BCUT2D eigenvalue weighted by molar-refractivity contribution is 5.97. The van der Waals surface area contributed by atoms with Gasteiger partial charge in [-0.25, -0.2) is 4.79 Å². The normalized spacial score (nSPS) is 11.5. The van der Waals surface area contributed by atoms with E-state index >= 15 is 0 Å². The Morgan fingerprint density at radius 3 is 2.62 bits per heavy atom. The van der Waals surface area contributed by atoms with Crippen LogP contribution in [0.1, 0.15) is 17.5 Å². The van der Waals surface area contributed by atoms with E-state index in [0.29, 0.717) is 11.4 Å². The van der Waals surface area contributed by atoms with Gasteiger partial charge in [-0.05, 0) is 31.2 Å². The predicted molar refractivity (Wildman–Crippen MR) is 75.2 cm³/mol. The predicted octanol–water partition coefficient (Wildman–Crippen LogP) is 2.47. The third kappa shape index (κ3) is 3.62. The number of carbonyl (C=O) groups excluding carboxylic acids is 2. The van der Waals surface area contributed by atoms with Crippen LogP contribution < -0.4 is 10.1 Å². The number of esters is 1. The minimum Gasteiger partial charge on any atom is -0.495 e. The molecule has 0 saturated heterocycles. The Labute approximate surface area is 121 Å². The maximum atomic E-state index is 12.0. The highest BCUT2D eigenvalue weighted by Crippen LogP contribution is 2.23. The minimum atomic E-state index is -0.965. The maximum absolute atomic E-state index is 12.0. The fourth-order valence-corrected chi connectivity index (χ4v) is 1.65. The largest absolute Gasteiger partial charge is 0.495 e. The quantitative estimate of drug-likeness (QED) is 0.855. The smallest absolute Gasteiger partial charge is 0.374 e. The number of anilines is 1. The third-order valence-electron chi connectivity index (χ3n) is 2.74. The van der Waals surface area contributed by atoms with Crippen LogP contribution in [-0.2, 0) is 9.53 Å². The molecule has 0 bridgehead atoms. The van der Waals surface area contributed by atoms with Crippen molar-refractivity contribution in [3.63, 3.8) is 0 Å². The van der Waals surface area contributed by atoms with Gasteiger partial charge in [-0.3, -0.25) is 4.79 Å². The summed E-state index contributed by atoms with van der Waals surface area (Å²) < 4.78 is 15.0. The second-order valence-electron chi connectivity index (χ2n) is 4.21. The van der Waals surface area contributed by atoms with Gasteiger partial charge in [0.25, 0.3) is 5.91 Å². The molecule has 1 aromatic carbocycles. The van der Waals surface area contributed by atoms with Crippen LogP contribution in [0, 0.1) is 0 Å². The first-order chi connectivity index (χ1) is 10.1. The van der Waals surface area contributed by atoms with Crippen LogP contribution in [0.4, 0.5) is 5.69 Å². The van der Waals surface area contributed by atoms with Gasteiger partial charge < -0.3 is 19.2 Å². The van der Waals surface area contributed by atoms with Crippen LogP contribution >= 0.6 is 0 Å². The molecule has 0 saturated carbocycles. The average molecular weight is 289 g/mol. The van der Waals surface area contributed by atoms with Crippen molar-refractivity contribution in [2.75, 3.05) is 12.4 Å². The monoisotopic (exact) mass is 289 g/mol. The Balaban J connectivity index is 1.98. The van der Waals surface area contributed by atoms with Crippen LogP contribution in [0.3, 0.4) is 0 Å². The SMILES string of the molecule is COc1ccccc1NC(=O)[C@H](C)OC(=O)c1ccco1. The number of para-hydroxylation sites is 2. The molecule has 6 nitrogen and oxygen atoms in total. The van der Waals surface area contributed by atoms with Crippen LogP contribution in [0.15, 0.2) is 47.1 Å². The minimum absolute atomic E-state index is 0.0481. The Morgan fingerprint density at radius 1 is 1.19 bits per heavy atom. The molecule has 0 fully saturated rings. The van der Waals surface area contributed by atoms with Crippen molar-refractivity contribution in [1.82, 2.24) is 0 Å². The van der Waals surface area contributed by atoms with E-state index in [-0.39, 0.29) is 5.76 Å². The Hall–Kier alpha value is -2.76. The molecule has 21 heavy (non-hydrogen) atoms. The molecule has 0 aliphatic rings. The van der Waals surface area contributed by atoms with Crippen LogP contribution in [0.2, 0.25) is 0 Å². The van der Waals surface area contributed by atoms with E-state index in [1.165, 1.54) is 26.4 Å². The Morgan fingerprint density at radius 2 is 1.95 bits per heavy atom. The maximum Gasteiger partial charge on any atom is 0.374 e. The molecule has 6 heteroatoms. The number of hydrogen-bond acceptors (Lipinski definition) is 5. The number of ether oxygens (including phenoxy) is 2. The zero-order chi connectivity index (χ0) is 15.2. The van der Waals surface area contributed by atoms with Gasteiger partial charge in [-0.1, -0.05) is 12.1 Å². The molecule has 0 spiro atoms. The van der Waals surface area contributed by atoms with Gasteiger partial charge in [0.2, 0.25) is 5.76 Å². The molecule has 1 aromatic heterocycles. The van der Waals surface area contributed by atoms with Gasteiger partial charge >= 0.3 is 5.97 Å². The number of carbonyl (C=O) groups is 2. The molecular formula is C15H15NO5. The van der Waals surface area contributed by atoms with E-state index in [1.807, 2.05) is 0 Å². The third-order valence-corrected chi connectivity index (χ3v) is 2.74. The summed E-state index contributed by atoms with van der Waals surface area (Å²) in [5.41, 5.74) is 0.505. The lowest BCUT2D eigenvalue weighted by molar-refractivity contribution is -0.123. The molecule has 2 aromatic rings. The Kier molecular flexibility index (Phi) is 4.61. The summed E-state index contributed by atoms with van der Waals surface area (Å²) in [5.74, 6) is -0.579. The van der Waals surface area contributed by atoms with Gasteiger partial charge in [-0.15, -0.1) is 0 Å². The fraction of sp³-hybridized carbons (Fsp3) is 0.200. The number of benzene rings is 1. The molecule has 1 amide bonds. The van der Waals surface area contributed by atoms with Gasteiger partial charge in [0.15, 0.2) is 6.10 Å². The molecular weight excluding hydrogens is 274 g/mol. The molecule has 1 atom stereocenters. The van der Waals surface area contributed by atoms with E-state index < -0.39 is 18.0 Å². The topological polar surface area (TPSA) is 77.8 Å². The highest BCUT2D eigenvalue weighted by atomic mass is 16.6. The molecule has 110 valence electrons. The first-order valence-electron chi connectivity index (χ1n) is 6.30. The highest BCUT2D eigenvalue weighted by Gasteiger charge is 2.21. The molecule has 0 unspecified atom stereocenters. The van der Waals surface area contributed by atoms with E-state index in [0.717, 1.165) is 0 Å². The standard InChI is InChI=1S/C15H15NO5/c1-10(21-15(18)13-8-5-9-20-13)14(17)16-11-6-3-4-7-12(11)19-2/h3-10H,1-2H3,(H,16,17)/t10-/m0/s1. The van der Waals surface area contributed by atoms with E-state index in [2.05, 4.69) is 5.32 Å². The lowest BCUT2D eigenvalue weighted by Crippen LogP contribution is -2.30.